The molecule has 1 aliphatic carbocycles. The van der Waals surface area contributed by atoms with Crippen LogP contribution in [-0.4, -0.2) is 11.2 Å². The number of nitrogens with zero attached hydrogens (tertiary/aromatic N) is 2. The Kier molecular flexibility index (Phi) is 3.74. The number of aromatic nitrogens is 1. The molecule has 1 aliphatic rings. The van der Waals surface area contributed by atoms with Crippen molar-refractivity contribution in [2.75, 3.05) is 6.61 Å². The van der Waals surface area contributed by atoms with E-state index in [0.717, 1.165) is 25.0 Å². The molecule has 3 rings (SSSR count). The number of pyridine rings is 1. The number of ether oxygens (including phenoxy) is 1. The minimum atomic E-state index is 0.0211. The first-order valence-electron chi connectivity index (χ1n) is 7.13. The van der Waals surface area contributed by atoms with Gasteiger partial charge in [0.25, 0.3) is 5.56 Å². The van der Waals surface area contributed by atoms with Gasteiger partial charge in [0, 0.05) is 11.8 Å². The van der Waals surface area contributed by atoms with Crippen LogP contribution in [0.15, 0.2) is 41.2 Å². The maximum Gasteiger partial charge on any atom is 0.250 e. The zero-order valence-corrected chi connectivity index (χ0v) is 11.7. The first-order chi connectivity index (χ1) is 10.3. The predicted octanol–water partition coefficient (Wildman–Crippen LogP) is 2.29. The van der Waals surface area contributed by atoms with Gasteiger partial charge < -0.3 is 9.30 Å². The molecule has 0 saturated carbocycles. The fourth-order valence-electron chi connectivity index (χ4n) is 2.81. The van der Waals surface area contributed by atoms with Crippen molar-refractivity contribution >= 4 is 0 Å². The second-order valence-electron chi connectivity index (χ2n) is 5.11. The standard InChI is InChI=1S/C17H16N2O2/c18-12-14-4-1-2-7-16(14)21-11-10-19-15-6-3-5-13(15)8-9-17(19)20/h1-2,4,7-9H,3,5-6,10-11H2. The molecule has 0 bridgehead atoms. The van der Waals surface area contributed by atoms with Gasteiger partial charge in [-0.15, -0.1) is 0 Å². The highest BCUT2D eigenvalue weighted by atomic mass is 16.5. The predicted molar refractivity (Wildman–Crippen MR) is 79.4 cm³/mol. The highest BCUT2D eigenvalue weighted by molar-refractivity contribution is 5.42. The molecule has 0 saturated heterocycles. The zero-order chi connectivity index (χ0) is 14.7. The molecule has 0 atom stereocenters. The lowest BCUT2D eigenvalue weighted by Gasteiger charge is -2.13. The lowest BCUT2D eigenvalue weighted by molar-refractivity contribution is 0.294. The molecule has 4 heteroatoms. The molecule has 1 aromatic heterocycles. The summed E-state index contributed by atoms with van der Waals surface area (Å²) in [6, 6.07) is 12.8. The Bertz CT molecular complexity index is 756. The fraction of sp³-hybridized carbons (Fsp3) is 0.294. The summed E-state index contributed by atoms with van der Waals surface area (Å²) in [6.45, 7) is 0.900. The summed E-state index contributed by atoms with van der Waals surface area (Å²) in [5.74, 6) is 0.570. The van der Waals surface area contributed by atoms with Gasteiger partial charge in [-0.2, -0.15) is 5.26 Å². The van der Waals surface area contributed by atoms with Crippen LogP contribution in [0.2, 0.25) is 0 Å². The molecular formula is C17H16N2O2. The van der Waals surface area contributed by atoms with Crippen molar-refractivity contribution in [2.24, 2.45) is 0 Å². The van der Waals surface area contributed by atoms with Crippen molar-refractivity contribution in [1.29, 1.82) is 5.26 Å². The minimum Gasteiger partial charge on any atom is -0.490 e. The third-order valence-electron chi connectivity index (χ3n) is 3.83. The Labute approximate surface area is 123 Å². The Morgan fingerprint density at radius 3 is 2.90 bits per heavy atom. The number of para-hydroxylation sites is 1. The third-order valence-corrected chi connectivity index (χ3v) is 3.83. The van der Waals surface area contributed by atoms with E-state index in [2.05, 4.69) is 6.07 Å². The minimum absolute atomic E-state index is 0.0211. The van der Waals surface area contributed by atoms with Crippen LogP contribution in [0, 0.1) is 11.3 Å². The maximum atomic E-state index is 12.0. The SMILES string of the molecule is N#Cc1ccccc1OCCn1c2c(ccc1=O)CCC2. The van der Waals surface area contributed by atoms with Crippen molar-refractivity contribution < 1.29 is 4.74 Å². The van der Waals surface area contributed by atoms with Crippen molar-refractivity contribution in [2.45, 2.75) is 25.8 Å². The number of nitriles is 1. The van der Waals surface area contributed by atoms with E-state index < -0.39 is 0 Å². The summed E-state index contributed by atoms with van der Waals surface area (Å²) in [6.07, 6.45) is 3.12. The molecule has 2 aromatic rings. The second kappa shape index (κ2) is 5.84. The summed E-state index contributed by atoms with van der Waals surface area (Å²) in [5, 5.41) is 9.02. The molecular weight excluding hydrogens is 264 g/mol. The smallest absolute Gasteiger partial charge is 0.250 e. The molecule has 1 heterocycles. The average molecular weight is 280 g/mol. The van der Waals surface area contributed by atoms with Crippen LogP contribution >= 0.6 is 0 Å². The topological polar surface area (TPSA) is 55.0 Å². The van der Waals surface area contributed by atoms with E-state index in [0.29, 0.717) is 24.5 Å². The van der Waals surface area contributed by atoms with E-state index in [4.69, 9.17) is 10.00 Å². The Morgan fingerprint density at radius 1 is 1.19 bits per heavy atom. The highest BCUT2D eigenvalue weighted by Gasteiger charge is 2.15. The molecule has 0 fully saturated rings. The van der Waals surface area contributed by atoms with E-state index in [1.54, 1.807) is 28.8 Å². The number of hydrogen-bond acceptors (Lipinski definition) is 3. The van der Waals surface area contributed by atoms with Crippen LogP contribution in [0.1, 0.15) is 23.2 Å². The van der Waals surface area contributed by atoms with Crippen molar-refractivity contribution in [3.8, 4) is 11.8 Å². The summed E-state index contributed by atoms with van der Waals surface area (Å²) >= 11 is 0. The van der Waals surface area contributed by atoms with Crippen LogP contribution in [0.4, 0.5) is 0 Å². The van der Waals surface area contributed by atoms with Gasteiger partial charge in [0.1, 0.15) is 18.4 Å². The van der Waals surface area contributed by atoms with Crippen molar-refractivity contribution in [3.05, 3.63) is 63.6 Å². The number of rotatable bonds is 4. The van der Waals surface area contributed by atoms with Crippen LogP contribution in [0.25, 0.3) is 0 Å². The molecule has 0 unspecified atom stereocenters. The normalized spacial score (nSPS) is 12.7. The summed E-state index contributed by atoms with van der Waals surface area (Å²) in [5.41, 5.74) is 2.95. The lowest BCUT2D eigenvalue weighted by Crippen LogP contribution is -2.25. The van der Waals surface area contributed by atoms with Gasteiger partial charge in [-0.3, -0.25) is 4.79 Å². The molecule has 0 spiro atoms. The second-order valence-corrected chi connectivity index (χ2v) is 5.11. The van der Waals surface area contributed by atoms with E-state index in [9.17, 15) is 4.79 Å². The van der Waals surface area contributed by atoms with Gasteiger partial charge in [-0.1, -0.05) is 18.2 Å². The van der Waals surface area contributed by atoms with Gasteiger partial charge in [0.05, 0.1) is 12.1 Å². The molecule has 1 aromatic carbocycles. The van der Waals surface area contributed by atoms with Gasteiger partial charge in [0.15, 0.2) is 0 Å². The maximum absolute atomic E-state index is 12.0. The zero-order valence-electron chi connectivity index (χ0n) is 11.7. The summed E-state index contributed by atoms with van der Waals surface area (Å²) < 4.78 is 7.47. The fourth-order valence-corrected chi connectivity index (χ4v) is 2.81. The van der Waals surface area contributed by atoms with Gasteiger partial charge in [-0.05, 0) is 37.0 Å². The van der Waals surface area contributed by atoms with Crippen LogP contribution in [0.3, 0.4) is 0 Å². The Morgan fingerprint density at radius 2 is 2.05 bits per heavy atom. The van der Waals surface area contributed by atoms with E-state index in [1.807, 2.05) is 12.1 Å². The van der Waals surface area contributed by atoms with E-state index in [1.165, 1.54) is 5.56 Å². The van der Waals surface area contributed by atoms with Crippen LogP contribution in [0.5, 0.6) is 5.75 Å². The monoisotopic (exact) mass is 280 g/mol. The van der Waals surface area contributed by atoms with Crippen molar-refractivity contribution in [1.82, 2.24) is 4.57 Å². The molecule has 4 nitrogen and oxygen atoms in total. The van der Waals surface area contributed by atoms with Gasteiger partial charge >= 0.3 is 0 Å². The molecule has 106 valence electrons. The van der Waals surface area contributed by atoms with E-state index in [-0.39, 0.29) is 5.56 Å². The molecule has 21 heavy (non-hydrogen) atoms. The Hall–Kier alpha value is -2.54. The summed E-state index contributed by atoms with van der Waals surface area (Å²) in [7, 11) is 0. The van der Waals surface area contributed by atoms with E-state index >= 15 is 0 Å². The number of hydrogen-bond donors (Lipinski definition) is 0. The van der Waals surface area contributed by atoms with Gasteiger partial charge in [0.2, 0.25) is 0 Å². The Balaban J connectivity index is 1.74. The lowest BCUT2D eigenvalue weighted by atomic mass is 10.2. The quantitative estimate of drug-likeness (QED) is 0.863. The third kappa shape index (κ3) is 2.68. The molecule has 0 radical (unpaired) electrons. The first kappa shape index (κ1) is 13.4. The molecule has 0 N–H and O–H groups in total. The summed E-state index contributed by atoms with van der Waals surface area (Å²) in [4.78, 5) is 12.0. The first-order valence-corrected chi connectivity index (χ1v) is 7.13. The average Bonchev–Trinajstić information content (AvgIpc) is 2.98. The van der Waals surface area contributed by atoms with Crippen molar-refractivity contribution in [3.63, 3.8) is 0 Å². The van der Waals surface area contributed by atoms with Crippen LogP contribution < -0.4 is 10.3 Å². The molecule has 0 aliphatic heterocycles. The highest BCUT2D eigenvalue weighted by Crippen LogP contribution is 2.20. The number of aryl methyl sites for hydroxylation is 1. The number of fused-ring (bicyclic) bond motifs is 1. The van der Waals surface area contributed by atoms with Crippen LogP contribution in [-0.2, 0) is 19.4 Å². The largest absolute Gasteiger partial charge is 0.490 e. The molecule has 0 amide bonds. The number of benzene rings is 1. The van der Waals surface area contributed by atoms with Gasteiger partial charge in [-0.25, -0.2) is 0 Å².